The Morgan fingerprint density at radius 2 is 0.692 bits per heavy atom. The summed E-state index contributed by atoms with van der Waals surface area (Å²) in [5.74, 6) is -7.28. The number of carbonyl (C=O) groups is 9. The minimum Gasteiger partial charge on any atom is -0.480 e. The molecule has 0 spiro atoms. The van der Waals surface area contributed by atoms with Crippen LogP contribution in [-0.2, 0) is 43.2 Å². The monoisotopic (exact) mass is 561 g/mol. The molecular weight excluding hydrogens is 530 g/mol. The fraction of sp³-hybridized carbons (Fsp3) is 0.526. The Balaban J connectivity index is 3.96. The first-order chi connectivity index (χ1) is 18.3. The molecule has 8 amide bonds. The molecule has 0 radical (unpaired) electrons. The Morgan fingerprint density at radius 3 is 0.923 bits per heavy atom. The fourth-order valence-electron chi connectivity index (χ4n) is 2.07. The molecule has 1 atom stereocenters. The second-order valence-corrected chi connectivity index (χ2v) is 7.34. The number of rotatable bonds is 18. The molecule has 0 unspecified atom stereocenters. The summed E-state index contributed by atoms with van der Waals surface area (Å²) >= 11 is 0. The Labute approximate surface area is 220 Å². The zero-order valence-corrected chi connectivity index (χ0v) is 20.6. The molecule has 0 aliphatic carbocycles. The average Bonchev–Trinajstić information content (AvgIpc) is 2.91. The van der Waals surface area contributed by atoms with Crippen LogP contribution in [0.25, 0.3) is 0 Å². The number of aliphatic carboxylic acids is 1. The van der Waals surface area contributed by atoms with Crippen molar-refractivity contribution in [3.8, 4) is 0 Å². The van der Waals surface area contributed by atoms with Gasteiger partial charge in [0.15, 0.2) is 0 Å². The van der Waals surface area contributed by atoms with E-state index in [1.165, 1.54) is 0 Å². The van der Waals surface area contributed by atoms with Crippen LogP contribution in [0, 0.1) is 0 Å². The number of hydrogen-bond donors (Lipinski definition) is 11. The van der Waals surface area contributed by atoms with Crippen LogP contribution >= 0.6 is 0 Å². The van der Waals surface area contributed by atoms with Crippen LogP contribution in [0.3, 0.4) is 0 Å². The highest BCUT2D eigenvalue weighted by Gasteiger charge is 2.14. The molecule has 0 aliphatic rings. The van der Waals surface area contributed by atoms with Gasteiger partial charge in [-0.25, -0.2) is 0 Å². The molecule has 0 saturated heterocycles. The molecule has 0 aromatic heterocycles. The first-order valence-electron chi connectivity index (χ1n) is 11.1. The van der Waals surface area contributed by atoms with E-state index in [0.29, 0.717) is 0 Å². The van der Waals surface area contributed by atoms with Crippen molar-refractivity contribution in [3.63, 3.8) is 0 Å². The largest absolute Gasteiger partial charge is 0.480 e. The van der Waals surface area contributed by atoms with Gasteiger partial charge in [0, 0.05) is 0 Å². The predicted molar refractivity (Wildman–Crippen MR) is 127 cm³/mol. The maximum atomic E-state index is 11.7. The second-order valence-electron chi connectivity index (χ2n) is 7.34. The number of carboxylic acids is 1. The molecule has 0 bridgehead atoms. The molecule has 0 heterocycles. The molecule has 0 aliphatic heterocycles. The third kappa shape index (κ3) is 19.0. The Kier molecular flexibility index (Phi) is 16.9. The number of nitrogens with one attached hydrogen (secondary N) is 8. The van der Waals surface area contributed by atoms with Gasteiger partial charge in [0.1, 0.15) is 12.6 Å². The number of carboxylic acid groups (broad SMARTS) is 1. The van der Waals surface area contributed by atoms with E-state index < -0.39 is 118 Å². The summed E-state index contributed by atoms with van der Waals surface area (Å²) in [6.45, 7) is -4.88. The second kappa shape index (κ2) is 19.3. The number of amides is 8. The number of aliphatic hydroxyl groups excluding tert-OH is 1. The zero-order chi connectivity index (χ0) is 29.8. The van der Waals surface area contributed by atoms with Gasteiger partial charge >= 0.3 is 5.97 Å². The van der Waals surface area contributed by atoms with E-state index in [0.717, 1.165) is 0 Å². The summed E-state index contributed by atoms with van der Waals surface area (Å²) in [6, 6.07) is -1.20. The van der Waals surface area contributed by atoms with Crippen molar-refractivity contribution in [1.29, 1.82) is 0 Å². The molecule has 12 N–H and O–H groups in total. The van der Waals surface area contributed by atoms with E-state index in [9.17, 15) is 43.2 Å². The third-order valence-electron chi connectivity index (χ3n) is 4.07. The van der Waals surface area contributed by atoms with Crippen molar-refractivity contribution in [2.24, 2.45) is 5.73 Å². The van der Waals surface area contributed by atoms with Crippen molar-refractivity contribution >= 4 is 53.2 Å². The van der Waals surface area contributed by atoms with Gasteiger partial charge in [-0.3, -0.25) is 43.2 Å². The summed E-state index contributed by atoms with van der Waals surface area (Å²) in [4.78, 5) is 103. The van der Waals surface area contributed by atoms with Gasteiger partial charge in [-0.1, -0.05) is 0 Å². The van der Waals surface area contributed by atoms with Gasteiger partial charge < -0.3 is 58.5 Å². The molecule has 20 nitrogen and oxygen atoms in total. The van der Waals surface area contributed by atoms with Crippen LogP contribution in [-0.4, -0.2) is 128 Å². The van der Waals surface area contributed by atoms with Crippen molar-refractivity contribution < 1.29 is 53.4 Å². The van der Waals surface area contributed by atoms with Gasteiger partial charge in [0.2, 0.25) is 47.3 Å². The first kappa shape index (κ1) is 34.1. The molecular formula is C19H31N9O11. The van der Waals surface area contributed by atoms with E-state index in [2.05, 4.69) is 37.2 Å². The summed E-state index contributed by atoms with van der Waals surface area (Å²) < 4.78 is 0. The normalized spacial score (nSPS) is 10.6. The lowest BCUT2D eigenvalue weighted by molar-refractivity contribution is -0.138. The number of hydrogen-bond acceptors (Lipinski definition) is 11. The molecule has 0 fully saturated rings. The van der Waals surface area contributed by atoms with E-state index in [1.54, 1.807) is 0 Å². The average molecular weight is 562 g/mol. The van der Waals surface area contributed by atoms with Gasteiger partial charge in [0.25, 0.3) is 0 Å². The van der Waals surface area contributed by atoms with E-state index >= 15 is 0 Å². The number of nitrogens with two attached hydrogens (primary N) is 1. The molecule has 0 aromatic carbocycles. The van der Waals surface area contributed by atoms with Crippen LogP contribution in [0.2, 0.25) is 0 Å². The minimum absolute atomic E-state index is 0.491. The molecule has 0 aromatic rings. The summed E-state index contributed by atoms with van der Waals surface area (Å²) in [7, 11) is 0. The van der Waals surface area contributed by atoms with Crippen LogP contribution in [0.1, 0.15) is 0 Å². The van der Waals surface area contributed by atoms with Crippen molar-refractivity contribution in [2.45, 2.75) is 6.04 Å². The highest BCUT2D eigenvalue weighted by atomic mass is 16.4. The first-order valence-corrected chi connectivity index (χ1v) is 11.1. The molecule has 39 heavy (non-hydrogen) atoms. The Hall–Kier alpha value is -4.85. The van der Waals surface area contributed by atoms with Crippen molar-refractivity contribution in [3.05, 3.63) is 0 Å². The van der Waals surface area contributed by atoms with E-state index in [4.69, 9.17) is 15.9 Å². The quantitative estimate of drug-likeness (QED) is 0.0743. The molecule has 20 heteroatoms. The number of aliphatic hydroxyl groups is 1. The lowest BCUT2D eigenvalue weighted by Gasteiger charge is -2.10. The number of carbonyl (C=O) groups excluding carboxylic acids is 8. The van der Waals surface area contributed by atoms with Crippen LogP contribution in [0.5, 0.6) is 0 Å². The lowest BCUT2D eigenvalue weighted by Crippen LogP contribution is -2.48. The van der Waals surface area contributed by atoms with Crippen molar-refractivity contribution in [1.82, 2.24) is 42.5 Å². The van der Waals surface area contributed by atoms with Gasteiger partial charge in [0.05, 0.1) is 52.4 Å². The van der Waals surface area contributed by atoms with Gasteiger partial charge in [-0.15, -0.1) is 0 Å². The predicted octanol–water partition coefficient (Wildman–Crippen LogP) is -8.68. The smallest absolute Gasteiger partial charge is 0.322 e. The highest BCUT2D eigenvalue weighted by molar-refractivity contribution is 5.93. The summed E-state index contributed by atoms with van der Waals surface area (Å²) in [6.07, 6.45) is 0. The molecule has 0 saturated carbocycles. The Bertz CT molecular complexity index is 942. The SMILES string of the molecule is N[C@@H](CO)C(=O)NCC(=O)NCC(=O)NCC(=O)NCC(=O)NCC(=O)NCC(=O)NCC(=O)NCC(=O)O. The van der Waals surface area contributed by atoms with E-state index in [-0.39, 0.29) is 0 Å². The lowest BCUT2D eigenvalue weighted by atomic mass is 10.3. The fourth-order valence-corrected chi connectivity index (χ4v) is 2.07. The van der Waals surface area contributed by atoms with Gasteiger partial charge in [-0.2, -0.15) is 0 Å². The van der Waals surface area contributed by atoms with Crippen LogP contribution in [0.15, 0.2) is 0 Å². The highest BCUT2D eigenvalue weighted by Crippen LogP contribution is 1.77. The summed E-state index contributed by atoms with van der Waals surface area (Å²) in [5, 5.41) is 34.2. The maximum absolute atomic E-state index is 11.7. The summed E-state index contributed by atoms with van der Waals surface area (Å²) in [5.41, 5.74) is 5.24. The minimum atomic E-state index is -1.26. The van der Waals surface area contributed by atoms with Crippen LogP contribution < -0.4 is 48.3 Å². The Morgan fingerprint density at radius 1 is 0.462 bits per heavy atom. The van der Waals surface area contributed by atoms with Crippen LogP contribution in [0.4, 0.5) is 0 Å². The zero-order valence-electron chi connectivity index (χ0n) is 20.6. The maximum Gasteiger partial charge on any atom is 0.322 e. The van der Waals surface area contributed by atoms with E-state index in [1.807, 2.05) is 5.32 Å². The van der Waals surface area contributed by atoms with Gasteiger partial charge in [-0.05, 0) is 0 Å². The standard InChI is InChI=1S/C19H31N9O11/c20-10(9-29)19(39)28-7-17(36)26-5-15(34)24-3-13(32)22-1-11(30)21-2-12(31)23-4-14(33)25-6-16(35)27-8-18(37)38/h10,29H,1-9,20H2,(H,21,30)(H,22,32)(H,23,31)(H,24,34)(H,25,33)(H,26,36)(H,27,35)(H,28,39)(H,37,38)/t10-/m0/s1. The van der Waals surface area contributed by atoms with Crippen molar-refractivity contribution in [2.75, 3.05) is 59.0 Å². The molecule has 218 valence electrons. The molecule has 0 rings (SSSR count). The topological polar surface area (TPSA) is 316 Å². The third-order valence-corrected chi connectivity index (χ3v) is 4.07.